The highest BCUT2D eigenvalue weighted by Crippen LogP contribution is 2.01. The van der Waals surface area contributed by atoms with E-state index in [-0.39, 0.29) is 12.0 Å². The van der Waals surface area contributed by atoms with Crippen LogP contribution in [0.1, 0.15) is 38.4 Å². The molecule has 0 saturated heterocycles. The highest BCUT2D eigenvalue weighted by atomic mass is 16.5. The van der Waals surface area contributed by atoms with Crippen LogP contribution in [0.2, 0.25) is 0 Å². The third-order valence-corrected chi connectivity index (χ3v) is 2.46. The number of aryl methyl sites for hydroxylation is 1. The summed E-state index contributed by atoms with van der Waals surface area (Å²) in [6.07, 6.45) is 2.33. The maximum atomic E-state index is 11.6. The van der Waals surface area contributed by atoms with Gasteiger partial charge < -0.3 is 14.6 Å². The van der Waals surface area contributed by atoms with Crippen molar-refractivity contribution in [1.29, 1.82) is 0 Å². The lowest BCUT2D eigenvalue weighted by Crippen LogP contribution is -2.39. The average Bonchev–Trinajstić information content (AvgIpc) is 2.74. The second-order valence-corrected chi connectivity index (χ2v) is 4.03. The third kappa shape index (κ3) is 4.83. The number of nitrogens with zero attached hydrogens (tertiary/aromatic N) is 2. The van der Waals surface area contributed by atoms with E-state index in [1.54, 1.807) is 6.92 Å². The van der Waals surface area contributed by atoms with E-state index in [9.17, 15) is 4.79 Å². The number of nitrogens with one attached hydrogen (secondary N) is 1. The minimum atomic E-state index is -0.247. The number of carbonyl (C=O) groups excluding carboxylic acids is 1. The van der Waals surface area contributed by atoms with Crippen molar-refractivity contribution in [2.45, 2.75) is 46.1 Å². The van der Waals surface area contributed by atoms with Crippen molar-refractivity contribution < 1.29 is 14.1 Å². The molecule has 6 heteroatoms. The van der Waals surface area contributed by atoms with E-state index < -0.39 is 0 Å². The first-order chi connectivity index (χ1) is 8.67. The first-order valence-corrected chi connectivity index (χ1v) is 6.36. The Morgan fingerprint density at radius 3 is 2.83 bits per heavy atom. The summed E-state index contributed by atoms with van der Waals surface area (Å²) in [5.74, 6) is 1.02. The maximum Gasteiger partial charge on any atom is 0.323 e. The molecule has 0 bridgehead atoms. The predicted octanol–water partition coefficient (Wildman–Crippen LogP) is 1.24. The highest BCUT2D eigenvalue weighted by Gasteiger charge is 2.17. The Bertz CT molecular complexity index is 365. The van der Waals surface area contributed by atoms with Gasteiger partial charge in [-0.3, -0.25) is 4.79 Å². The lowest BCUT2D eigenvalue weighted by atomic mass is 10.1. The van der Waals surface area contributed by atoms with Crippen molar-refractivity contribution in [3.8, 4) is 0 Å². The van der Waals surface area contributed by atoms with Crippen molar-refractivity contribution in [3.63, 3.8) is 0 Å². The predicted molar refractivity (Wildman–Crippen MR) is 66.1 cm³/mol. The summed E-state index contributed by atoms with van der Waals surface area (Å²) in [6.45, 7) is 6.63. The molecule has 1 unspecified atom stereocenters. The van der Waals surface area contributed by atoms with Crippen molar-refractivity contribution in [3.05, 3.63) is 11.7 Å². The lowest BCUT2D eigenvalue weighted by molar-refractivity contribution is -0.145. The van der Waals surface area contributed by atoms with Crippen LogP contribution in [0, 0.1) is 6.92 Å². The SMILES string of the molecule is CCCC(NCCc1noc(C)n1)C(=O)OCC. The standard InChI is InChI=1S/C12H21N3O3/c1-4-6-10(12(16)17-5-2)13-8-7-11-14-9(3)18-15-11/h10,13H,4-8H2,1-3H3. The molecule has 1 aromatic rings. The minimum Gasteiger partial charge on any atom is -0.465 e. The van der Waals surface area contributed by atoms with Gasteiger partial charge in [-0.05, 0) is 13.3 Å². The molecule has 0 amide bonds. The summed E-state index contributed by atoms with van der Waals surface area (Å²) in [5.41, 5.74) is 0. The van der Waals surface area contributed by atoms with Crippen LogP contribution in [0.5, 0.6) is 0 Å². The fourth-order valence-electron chi connectivity index (χ4n) is 1.64. The third-order valence-electron chi connectivity index (χ3n) is 2.46. The summed E-state index contributed by atoms with van der Waals surface area (Å²) in [5, 5.41) is 6.96. The number of carbonyl (C=O) groups is 1. The zero-order valence-corrected chi connectivity index (χ0v) is 11.2. The zero-order chi connectivity index (χ0) is 13.4. The normalized spacial score (nSPS) is 12.4. The van der Waals surface area contributed by atoms with Crippen LogP contribution in [0.3, 0.4) is 0 Å². The van der Waals surface area contributed by atoms with Gasteiger partial charge in [0.25, 0.3) is 0 Å². The molecule has 0 radical (unpaired) electrons. The summed E-state index contributed by atoms with van der Waals surface area (Å²) in [4.78, 5) is 15.7. The fourth-order valence-corrected chi connectivity index (χ4v) is 1.64. The van der Waals surface area contributed by atoms with E-state index in [0.29, 0.717) is 31.3 Å². The molecule has 0 fully saturated rings. The molecule has 1 atom stereocenters. The largest absolute Gasteiger partial charge is 0.465 e. The van der Waals surface area contributed by atoms with Crippen molar-refractivity contribution in [2.24, 2.45) is 0 Å². The molecule has 0 aliphatic carbocycles. The molecule has 1 aromatic heterocycles. The number of ether oxygens (including phenoxy) is 1. The second kappa shape index (κ2) is 7.81. The van der Waals surface area contributed by atoms with Gasteiger partial charge in [0.2, 0.25) is 5.89 Å². The highest BCUT2D eigenvalue weighted by molar-refractivity contribution is 5.75. The van der Waals surface area contributed by atoms with Crippen LogP contribution < -0.4 is 5.32 Å². The average molecular weight is 255 g/mol. The van der Waals surface area contributed by atoms with Gasteiger partial charge in [0.05, 0.1) is 6.61 Å². The zero-order valence-electron chi connectivity index (χ0n) is 11.2. The monoisotopic (exact) mass is 255 g/mol. The Kier molecular flexibility index (Phi) is 6.35. The second-order valence-electron chi connectivity index (χ2n) is 4.03. The van der Waals surface area contributed by atoms with E-state index in [2.05, 4.69) is 15.5 Å². The molecule has 0 aromatic carbocycles. The fraction of sp³-hybridized carbons (Fsp3) is 0.750. The van der Waals surface area contributed by atoms with Gasteiger partial charge in [-0.15, -0.1) is 0 Å². The quantitative estimate of drug-likeness (QED) is 0.704. The van der Waals surface area contributed by atoms with Gasteiger partial charge in [-0.25, -0.2) is 0 Å². The van der Waals surface area contributed by atoms with Crippen LogP contribution in [0.4, 0.5) is 0 Å². The van der Waals surface area contributed by atoms with Crippen LogP contribution in [-0.2, 0) is 16.0 Å². The van der Waals surface area contributed by atoms with Crippen LogP contribution in [0.15, 0.2) is 4.52 Å². The molecular formula is C12H21N3O3. The Balaban J connectivity index is 2.35. The first kappa shape index (κ1) is 14.6. The Morgan fingerprint density at radius 2 is 2.28 bits per heavy atom. The number of rotatable bonds is 8. The van der Waals surface area contributed by atoms with Gasteiger partial charge in [0.15, 0.2) is 5.82 Å². The molecule has 18 heavy (non-hydrogen) atoms. The lowest BCUT2D eigenvalue weighted by Gasteiger charge is -2.15. The van der Waals surface area contributed by atoms with E-state index in [0.717, 1.165) is 12.8 Å². The van der Waals surface area contributed by atoms with E-state index >= 15 is 0 Å². The Labute approximate surface area is 107 Å². The molecule has 102 valence electrons. The molecule has 6 nitrogen and oxygen atoms in total. The molecular weight excluding hydrogens is 234 g/mol. The van der Waals surface area contributed by atoms with Crippen molar-refractivity contribution >= 4 is 5.97 Å². The molecule has 1 rings (SSSR count). The van der Waals surface area contributed by atoms with Crippen LogP contribution in [0.25, 0.3) is 0 Å². The number of hydrogen-bond donors (Lipinski definition) is 1. The number of aromatic nitrogens is 2. The number of hydrogen-bond acceptors (Lipinski definition) is 6. The molecule has 0 aliphatic rings. The van der Waals surface area contributed by atoms with Gasteiger partial charge in [-0.1, -0.05) is 18.5 Å². The van der Waals surface area contributed by atoms with Gasteiger partial charge in [0.1, 0.15) is 6.04 Å². The first-order valence-electron chi connectivity index (χ1n) is 6.36. The van der Waals surface area contributed by atoms with Gasteiger partial charge in [0, 0.05) is 19.9 Å². The van der Waals surface area contributed by atoms with Crippen LogP contribution in [-0.4, -0.2) is 35.3 Å². The summed E-state index contributed by atoms with van der Waals surface area (Å²) in [6, 6.07) is -0.247. The van der Waals surface area contributed by atoms with Crippen molar-refractivity contribution in [1.82, 2.24) is 15.5 Å². The van der Waals surface area contributed by atoms with Crippen molar-refractivity contribution in [2.75, 3.05) is 13.2 Å². The molecule has 1 N–H and O–H groups in total. The smallest absolute Gasteiger partial charge is 0.323 e. The Hall–Kier alpha value is -1.43. The summed E-state index contributed by atoms with van der Waals surface area (Å²) in [7, 11) is 0. The molecule has 0 saturated carbocycles. The maximum absolute atomic E-state index is 11.6. The molecule has 0 aliphatic heterocycles. The van der Waals surface area contributed by atoms with Crippen LogP contribution >= 0.6 is 0 Å². The van der Waals surface area contributed by atoms with E-state index in [1.807, 2.05) is 13.8 Å². The molecule has 1 heterocycles. The van der Waals surface area contributed by atoms with Gasteiger partial charge in [-0.2, -0.15) is 4.98 Å². The van der Waals surface area contributed by atoms with Gasteiger partial charge >= 0.3 is 5.97 Å². The topological polar surface area (TPSA) is 77.3 Å². The number of esters is 1. The molecule has 0 spiro atoms. The van der Waals surface area contributed by atoms with E-state index in [1.165, 1.54) is 0 Å². The Morgan fingerprint density at radius 1 is 1.50 bits per heavy atom. The van der Waals surface area contributed by atoms with E-state index in [4.69, 9.17) is 9.26 Å². The summed E-state index contributed by atoms with van der Waals surface area (Å²) >= 11 is 0. The minimum absolute atomic E-state index is 0.191. The summed E-state index contributed by atoms with van der Waals surface area (Å²) < 4.78 is 9.89.